The molecule has 17 heavy (non-hydrogen) atoms. The van der Waals surface area contributed by atoms with Crippen LogP contribution in [0.3, 0.4) is 0 Å². The minimum atomic E-state index is 0.282. The van der Waals surface area contributed by atoms with Gasteiger partial charge in [0, 0.05) is 19.1 Å². The second-order valence-electron chi connectivity index (χ2n) is 5.38. The molecule has 4 heteroatoms. The van der Waals surface area contributed by atoms with Crippen LogP contribution in [0.5, 0.6) is 0 Å². The lowest BCUT2D eigenvalue weighted by atomic mass is 9.74. The average molecular weight is 240 g/mol. The van der Waals surface area contributed by atoms with Crippen molar-refractivity contribution in [1.29, 1.82) is 0 Å². The molecule has 0 amide bonds. The first-order valence-electron chi connectivity index (χ1n) is 6.86. The lowest BCUT2D eigenvalue weighted by Crippen LogP contribution is -2.50. The molecule has 1 aliphatic rings. The zero-order chi connectivity index (χ0) is 12.9. The van der Waals surface area contributed by atoms with Gasteiger partial charge in [-0.15, -0.1) is 0 Å². The molecule has 0 atom stereocenters. The SMILES string of the molecule is CCC1(CC)CCN(C(=NC(C)C)NN)CC1. The molecule has 0 aromatic carbocycles. The van der Waals surface area contributed by atoms with E-state index in [1.54, 1.807) is 0 Å². The summed E-state index contributed by atoms with van der Waals surface area (Å²) in [5.74, 6) is 6.41. The molecule has 0 unspecified atom stereocenters. The number of nitrogens with zero attached hydrogens (tertiary/aromatic N) is 2. The van der Waals surface area contributed by atoms with Gasteiger partial charge in [-0.05, 0) is 32.1 Å². The molecule has 0 aromatic heterocycles. The van der Waals surface area contributed by atoms with E-state index in [1.165, 1.54) is 25.7 Å². The van der Waals surface area contributed by atoms with Crippen molar-refractivity contribution >= 4 is 5.96 Å². The predicted octanol–water partition coefficient (Wildman–Crippen LogP) is 2.12. The molecular weight excluding hydrogens is 212 g/mol. The highest BCUT2D eigenvalue weighted by atomic mass is 15.4. The number of aliphatic imine (C=N–C) groups is 1. The van der Waals surface area contributed by atoms with E-state index in [0.717, 1.165) is 19.0 Å². The highest BCUT2D eigenvalue weighted by Gasteiger charge is 2.32. The smallest absolute Gasteiger partial charge is 0.208 e. The average Bonchev–Trinajstić information content (AvgIpc) is 2.36. The van der Waals surface area contributed by atoms with Crippen molar-refractivity contribution in [1.82, 2.24) is 10.3 Å². The standard InChI is InChI=1S/C13H28N4/c1-5-13(6-2)7-9-17(10-8-13)12(16-14)15-11(3)4/h11H,5-10,14H2,1-4H3,(H,15,16). The zero-order valence-electron chi connectivity index (χ0n) is 11.8. The molecule has 0 aromatic rings. The molecule has 1 saturated heterocycles. The van der Waals surface area contributed by atoms with Crippen LogP contribution in [-0.4, -0.2) is 30.0 Å². The summed E-state index contributed by atoms with van der Waals surface area (Å²) in [5.41, 5.74) is 3.29. The molecule has 0 aliphatic carbocycles. The third-order valence-electron chi connectivity index (χ3n) is 4.13. The van der Waals surface area contributed by atoms with Gasteiger partial charge in [-0.2, -0.15) is 0 Å². The summed E-state index contributed by atoms with van der Waals surface area (Å²) in [4.78, 5) is 6.81. The maximum atomic E-state index is 5.56. The maximum absolute atomic E-state index is 5.56. The quantitative estimate of drug-likeness (QED) is 0.344. The highest BCUT2D eigenvalue weighted by Crippen LogP contribution is 2.37. The Morgan fingerprint density at radius 3 is 2.18 bits per heavy atom. The summed E-state index contributed by atoms with van der Waals surface area (Å²) in [6.45, 7) is 10.9. The van der Waals surface area contributed by atoms with Crippen LogP contribution in [0.4, 0.5) is 0 Å². The van der Waals surface area contributed by atoms with Crippen LogP contribution in [0.25, 0.3) is 0 Å². The molecule has 1 aliphatic heterocycles. The van der Waals surface area contributed by atoms with Crippen molar-refractivity contribution in [2.24, 2.45) is 16.3 Å². The largest absolute Gasteiger partial charge is 0.342 e. The third-order valence-corrected chi connectivity index (χ3v) is 4.13. The number of nitrogens with two attached hydrogens (primary N) is 1. The second-order valence-corrected chi connectivity index (χ2v) is 5.38. The summed E-state index contributed by atoms with van der Waals surface area (Å²) in [6.07, 6.45) is 5.06. The predicted molar refractivity (Wildman–Crippen MR) is 73.7 cm³/mol. The van der Waals surface area contributed by atoms with E-state index in [4.69, 9.17) is 5.84 Å². The number of piperidine rings is 1. The Hall–Kier alpha value is -0.770. The molecule has 0 bridgehead atoms. The zero-order valence-corrected chi connectivity index (χ0v) is 11.8. The first kappa shape index (κ1) is 14.3. The Morgan fingerprint density at radius 1 is 1.29 bits per heavy atom. The van der Waals surface area contributed by atoms with Gasteiger partial charge in [0.15, 0.2) is 0 Å². The van der Waals surface area contributed by atoms with Crippen molar-refractivity contribution in [3.63, 3.8) is 0 Å². The fourth-order valence-electron chi connectivity index (χ4n) is 2.60. The number of rotatable bonds is 3. The van der Waals surface area contributed by atoms with Crippen LogP contribution in [0.1, 0.15) is 53.4 Å². The van der Waals surface area contributed by atoms with Gasteiger partial charge in [-0.1, -0.05) is 26.7 Å². The molecule has 0 saturated carbocycles. The molecule has 1 fully saturated rings. The van der Waals surface area contributed by atoms with Gasteiger partial charge in [0.25, 0.3) is 0 Å². The Kier molecular flexibility index (Phi) is 5.25. The van der Waals surface area contributed by atoms with Crippen LogP contribution < -0.4 is 11.3 Å². The lowest BCUT2D eigenvalue weighted by molar-refractivity contribution is 0.133. The van der Waals surface area contributed by atoms with E-state index in [9.17, 15) is 0 Å². The fraction of sp³-hybridized carbons (Fsp3) is 0.923. The summed E-state index contributed by atoms with van der Waals surface area (Å²) in [6, 6.07) is 0.282. The Morgan fingerprint density at radius 2 is 1.82 bits per heavy atom. The second kappa shape index (κ2) is 6.24. The van der Waals surface area contributed by atoms with Gasteiger partial charge in [0.05, 0.1) is 0 Å². The molecule has 0 spiro atoms. The molecule has 100 valence electrons. The van der Waals surface area contributed by atoms with E-state index in [0.29, 0.717) is 5.41 Å². The van der Waals surface area contributed by atoms with Crippen LogP contribution in [-0.2, 0) is 0 Å². The monoisotopic (exact) mass is 240 g/mol. The number of nitrogens with one attached hydrogen (secondary N) is 1. The summed E-state index contributed by atoms with van der Waals surface area (Å²) >= 11 is 0. The van der Waals surface area contributed by atoms with Crippen LogP contribution in [0, 0.1) is 5.41 Å². The van der Waals surface area contributed by atoms with E-state index >= 15 is 0 Å². The third kappa shape index (κ3) is 3.60. The topological polar surface area (TPSA) is 53.6 Å². The van der Waals surface area contributed by atoms with Gasteiger partial charge >= 0.3 is 0 Å². The van der Waals surface area contributed by atoms with Crippen molar-refractivity contribution in [3.05, 3.63) is 0 Å². The van der Waals surface area contributed by atoms with Crippen molar-refractivity contribution in [2.75, 3.05) is 13.1 Å². The van der Waals surface area contributed by atoms with Crippen molar-refractivity contribution in [2.45, 2.75) is 59.4 Å². The van der Waals surface area contributed by atoms with Crippen LogP contribution in [0.15, 0.2) is 4.99 Å². The molecule has 4 nitrogen and oxygen atoms in total. The van der Waals surface area contributed by atoms with Gasteiger partial charge in [-0.3, -0.25) is 5.43 Å². The highest BCUT2D eigenvalue weighted by molar-refractivity contribution is 5.79. The van der Waals surface area contributed by atoms with Gasteiger partial charge in [0.2, 0.25) is 5.96 Å². The Labute approximate surface area is 106 Å². The first-order chi connectivity index (χ1) is 8.06. The van der Waals surface area contributed by atoms with E-state index in [1.807, 2.05) is 0 Å². The summed E-state index contributed by atoms with van der Waals surface area (Å²) in [7, 11) is 0. The molecule has 1 rings (SSSR count). The lowest BCUT2D eigenvalue weighted by Gasteiger charge is -2.42. The number of guanidine groups is 1. The van der Waals surface area contributed by atoms with Crippen molar-refractivity contribution < 1.29 is 0 Å². The number of hydrogen-bond donors (Lipinski definition) is 2. The Bertz CT molecular complexity index is 246. The number of hydrazine groups is 1. The van der Waals surface area contributed by atoms with Gasteiger partial charge in [0.1, 0.15) is 0 Å². The van der Waals surface area contributed by atoms with Crippen LogP contribution in [0.2, 0.25) is 0 Å². The molecular formula is C13H28N4. The van der Waals surface area contributed by atoms with Gasteiger partial charge in [-0.25, -0.2) is 10.8 Å². The Balaban J connectivity index is 2.62. The molecule has 3 N–H and O–H groups in total. The number of likely N-dealkylation sites (tertiary alicyclic amines) is 1. The van der Waals surface area contributed by atoms with Gasteiger partial charge < -0.3 is 4.90 Å². The normalized spacial score (nSPS) is 20.8. The molecule has 0 radical (unpaired) electrons. The van der Waals surface area contributed by atoms with E-state index in [-0.39, 0.29) is 6.04 Å². The van der Waals surface area contributed by atoms with Crippen molar-refractivity contribution in [3.8, 4) is 0 Å². The summed E-state index contributed by atoms with van der Waals surface area (Å²) < 4.78 is 0. The maximum Gasteiger partial charge on any atom is 0.208 e. The molecule has 1 heterocycles. The number of hydrogen-bond acceptors (Lipinski definition) is 2. The minimum absolute atomic E-state index is 0.282. The minimum Gasteiger partial charge on any atom is -0.342 e. The summed E-state index contributed by atoms with van der Waals surface area (Å²) in [5, 5.41) is 0. The fourth-order valence-corrected chi connectivity index (χ4v) is 2.60. The van der Waals surface area contributed by atoms with E-state index in [2.05, 4.69) is 43.0 Å². The first-order valence-corrected chi connectivity index (χ1v) is 6.86. The van der Waals surface area contributed by atoms with Crippen LogP contribution >= 0.6 is 0 Å². The van der Waals surface area contributed by atoms with E-state index < -0.39 is 0 Å².